The van der Waals surface area contributed by atoms with E-state index in [1.807, 2.05) is 24.3 Å². The van der Waals surface area contributed by atoms with E-state index in [0.29, 0.717) is 5.76 Å². The first kappa shape index (κ1) is 8.81. The van der Waals surface area contributed by atoms with E-state index in [-0.39, 0.29) is 0 Å². The molecule has 0 aliphatic carbocycles. The van der Waals surface area contributed by atoms with Crippen molar-refractivity contribution in [2.24, 2.45) is 0 Å². The zero-order chi connectivity index (χ0) is 9.97. The van der Waals surface area contributed by atoms with Crippen LogP contribution in [-0.4, -0.2) is 6.47 Å². The molecular weight excluding hydrogens is 180 g/mol. The average Bonchev–Trinajstić information content (AvgIpc) is 2.61. The SMILES string of the molecule is CC(O[C]=O)c1occ2ccccc12. The van der Waals surface area contributed by atoms with Crippen LogP contribution in [0.15, 0.2) is 34.9 Å². The number of ether oxygens (including phenoxy) is 1. The fourth-order valence-electron chi connectivity index (χ4n) is 1.46. The van der Waals surface area contributed by atoms with Crippen molar-refractivity contribution in [1.29, 1.82) is 0 Å². The maximum Gasteiger partial charge on any atom is 0.418 e. The van der Waals surface area contributed by atoms with Crippen LogP contribution in [0, 0.1) is 0 Å². The number of hydrogen-bond donors (Lipinski definition) is 0. The van der Waals surface area contributed by atoms with Crippen molar-refractivity contribution >= 4 is 17.2 Å². The smallest absolute Gasteiger partial charge is 0.418 e. The third kappa shape index (κ3) is 1.37. The molecule has 0 fully saturated rings. The lowest BCUT2D eigenvalue weighted by Gasteiger charge is -2.04. The van der Waals surface area contributed by atoms with Crippen molar-refractivity contribution in [3.05, 3.63) is 36.3 Å². The van der Waals surface area contributed by atoms with Crippen molar-refractivity contribution in [1.82, 2.24) is 0 Å². The van der Waals surface area contributed by atoms with Crippen LogP contribution in [0.1, 0.15) is 18.8 Å². The Morgan fingerprint density at radius 3 is 3.00 bits per heavy atom. The molecule has 1 heterocycles. The lowest BCUT2D eigenvalue weighted by Crippen LogP contribution is -1.96. The minimum atomic E-state index is -0.396. The summed E-state index contributed by atoms with van der Waals surface area (Å²) in [6.45, 7) is 3.16. The van der Waals surface area contributed by atoms with Gasteiger partial charge >= 0.3 is 6.47 Å². The van der Waals surface area contributed by atoms with E-state index < -0.39 is 6.10 Å². The van der Waals surface area contributed by atoms with Gasteiger partial charge in [0.2, 0.25) is 0 Å². The second kappa shape index (κ2) is 3.54. The van der Waals surface area contributed by atoms with Gasteiger partial charge in [-0.25, -0.2) is 4.79 Å². The number of rotatable bonds is 3. The Kier molecular flexibility index (Phi) is 2.23. The topological polar surface area (TPSA) is 39.4 Å². The molecule has 0 amide bonds. The van der Waals surface area contributed by atoms with E-state index in [2.05, 4.69) is 0 Å². The van der Waals surface area contributed by atoms with Crippen molar-refractivity contribution in [2.45, 2.75) is 13.0 Å². The van der Waals surface area contributed by atoms with Gasteiger partial charge in [-0.3, -0.25) is 0 Å². The molecule has 2 aromatic rings. The first-order valence-electron chi connectivity index (χ1n) is 4.32. The molecule has 0 N–H and O–H groups in total. The second-order valence-electron chi connectivity index (χ2n) is 3.03. The first-order chi connectivity index (χ1) is 6.83. The molecule has 1 radical (unpaired) electrons. The van der Waals surface area contributed by atoms with Crippen molar-refractivity contribution < 1.29 is 13.9 Å². The van der Waals surface area contributed by atoms with Gasteiger partial charge in [-0.15, -0.1) is 0 Å². The minimum Gasteiger partial charge on any atom is -0.464 e. The molecule has 1 atom stereocenters. The fourth-order valence-corrected chi connectivity index (χ4v) is 1.46. The number of fused-ring (bicyclic) bond motifs is 1. The Morgan fingerprint density at radius 2 is 2.21 bits per heavy atom. The summed E-state index contributed by atoms with van der Waals surface area (Å²) in [5.41, 5.74) is 0. The monoisotopic (exact) mass is 189 g/mol. The molecule has 3 nitrogen and oxygen atoms in total. The summed E-state index contributed by atoms with van der Waals surface area (Å²) in [5.74, 6) is 0.656. The number of carbonyl (C=O) groups excluding carboxylic acids is 1. The molecule has 0 aliphatic rings. The second-order valence-corrected chi connectivity index (χ2v) is 3.03. The van der Waals surface area contributed by atoms with Gasteiger partial charge in [0, 0.05) is 10.8 Å². The van der Waals surface area contributed by atoms with Gasteiger partial charge in [0.05, 0.1) is 6.26 Å². The van der Waals surface area contributed by atoms with E-state index in [0.717, 1.165) is 10.8 Å². The molecule has 2 rings (SSSR count). The minimum absolute atomic E-state index is 0.396. The highest BCUT2D eigenvalue weighted by Gasteiger charge is 2.14. The molecular formula is C11H9O3. The quantitative estimate of drug-likeness (QED) is 0.744. The maximum absolute atomic E-state index is 10.1. The summed E-state index contributed by atoms with van der Waals surface area (Å²) < 4.78 is 10.0. The predicted molar refractivity (Wildman–Crippen MR) is 51.4 cm³/mol. The van der Waals surface area contributed by atoms with Crippen molar-refractivity contribution in [3.63, 3.8) is 0 Å². The van der Waals surface area contributed by atoms with E-state index in [4.69, 9.17) is 9.15 Å². The van der Waals surface area contributed by atoms with E-state index in [1.54, 1.807) is 13.2 Å². The molecule has 1 aromatic carbocycles. The van der Waals surface area contributed by atoms with Gasteiger partial charge < -0.3 is 9.15 Å². The zero-order valence-corrected chi connectivity index (χ0v) is 7.69. The van der Waals surface area contributed by atoms with Crippen LogP contribution in [0.4, 0.5) is 0 Å². The Labute approximate surface area is 81.3 Å². The molecule has 1 unspecified atom stereocenters. The normalized spacial score (nSPS) is 12.6. The largest absolute Gasteiger partial charge is 0.464 e. The lowest BCUT2D eigenvalue weighted by atomic mass is 10.1. The molecule has 14 heavy (non-hydrogen) atoms. The van der Waals surface area contributed by atoms with Gasteiger partial charge in [-0.2, -0.15) is 0 Å². The molecule has 3 heteroatoms. The Hall–Kier alpha value is -1.77. The molecule has 1 aromatic heterocycles. The fraction of sp³-hybridized carbons (Fsp3) is 0.182. The van der Waals surface area contributed by atoms with Gasteiger partial charge in [0.15, 0.2) is 11.9 Å². The Balaban J connectivity index is 2.47. The van der Waals surface area contributed by atoms with Crippen LogP contribution < -0.4 is 0 Å². The highest BCUT2D eigenvalue weighted by molar-refractivity contribution is 5.84. The summed E-state index contributed by atoms with van der Waals surface area (Å²) in [7, 11) is 0. The van der Waals surface area contributed by atoms with Gasteiger partial charge in [0.1, 0.15) is 0 Å². The van der Waals surface area contributed by atoms with Crippen LogP contribution in [0.2, 0.25) is 0 Å². The van der Waals surface area contributed by atoms with Crippen molar-refractivity contribution in [3.8, 4) is 0 Å². The highest BCUT2D eigenvalue weighted by atomic mass is 16.5. The van der Waals surface area contributed by atoms with E-state index in [9.17, 15) is 4.79 Å². The average molecular weight is 189 g/mol. The highest BCUT2D eigenvalue weighted by Crippen LogP contribution is 2.27. The third-order valence-corrected chi connectivity index (χ3v) is 2.13. The van der Waals surface area contributed by atoms with Gasteiger partial charge in [-0.1, -0.05) is 24.3 Å². The summed E-state index contributed by atoms with van der Waals surface area (Å²) in [6.07, 6.45) is 1.25. The molecule has 71 valence electrons. The van der Waals surface area contributed by atoms with Crippen LogP contribution >= 0.6 is 0 Å². The number of furan rings is 1. The molecule has 0 saturated carbocycles. The Bertz CT molecular complexity index is 444. The molecule has 0 bridgehead atoms. The van der Waals surface area contributed by atoms with Crippen LogP contribution in [0.3, 0.4) is 0 Å². The van der Waals surface area contributed by atoms with Crippen molar-refractivity contribution in [2.75, 3.05) is 0 Å². The first-order valence-corrected chi connectivity index (χ1v) is 4.32. The maximum atomic E-state index is 10.1. The molecule has 0 saturated heterocycles. The van der Waals surface area contributed by atoms with E-state index >= 15 is 0 Å². The summed E-state index contributed by atoms with van der Waals surface area (Å²) in [4.78, 5) is 10.1. The van der Waals surface area contributed by atoms with Crippen LogP contribution in [0.25, 0.3) is 10.8 Å². The summed E-state index contributed by atoms with van der Waals surface area (Å²) >= 11 is 0. The molecule has 0 aliphatic heterocycles. The van der Waals surface area contributed by atoms with Gasteiger partial charge in [-0.05, 0) is 6.92 Å². The standard InChI is InChI=1S/C11H9O3/c1-8(14-7-12)11-10-5-3-2-4-9(10)6-13-11/h2-6,8H,1H3. The Morgan fingerprint density at radius 1 is 1.43 bits per heavy atom. The number of hydrogen-bond acceptors (Lipinski definition) is 3. The zero-order valence-electron chi connectivity index (χ0n) is 7.69. The lowest BCUT2D eigenvalue weighted by molar-refractivity contribution is 0.173. The van der Waals surface area contributed by atoms with Gasteiger partial charge in [0.25, 0.3) is 0 Å². The molecule has 0 spiro atoms. The van der Waals surface area contributed by atoms with Crippen LogP contribution in [0.5, 0.6) is 0 Å². The number of benzene rings is 1. The van der Waals surface area contributed by atoms with Crippen LogP contribution in [-0.2, 0) is 9.53 Å². The summed E-state index contributed by atoms with van der Waals surface area (Å²) in [6, 6.07) is 7.72. The predicted octanol–water partition coefficient (Wildman–Crippen LogP) is 2.58. The summed E-state index contributed by atoms with van der Waals surface area (Å²) in [5, 5.41) is 1.97. The third-order valence-electron chi connectivity index (χ3n) is 2.13. The van der Waals surface area contributed by atoms with E-state index in [1.165, 1.54) is 6.47 Å².